The number of para-hydroxylation sites is 1. The largest absolute Gasteiger partial charge is 0.304 e. The quantitative estimate of drug-likeness (QED) is 0.637. The highest BCUT2D eigenvalue weighted by molar-refractivity contribution is 5.37. The first-order valence-corrected chi connectivity index (χ1v) is 4.61. The maximum atomic E-state index is 2.26. The van der Waals surface area contributed by atoms with Gasteiger partial charge in [-0.15, -0.1) is 4.90 Å². The van der Waals surface area contributed by atoms with Crippen LogP contribution in [0.15, 0.2) is 30.3 Å². The van der Waals surface area contributed by atoms with Gasteiger partial charge < -0.3 is 4.90 Å². The standard InChI is InChI=1S/C11H18N2/c1-12(2)9-10-13(3)11-7-5-4-6-8-11/h4-8H,9-10H2,1-3H3/q+1. The van der Waals surface area contributed by atoms with Crippen molar-refractivity contribution in [2.24, 2.45) is 0 Å². The lowest BCUT2D eigenvalue weighted by Crippen LogP contribution is -2.29. The Morgan fingerprint density at radius 1 is 1.15 bits per heavy atom. The van der Waals surface area contributed by atoms with Crippen molar-refractivity contribution in [3.8, 4) is 0 Å². The molecule has 71 valence electrons. The van der Waals surface area contributed by atoms with Gasteiger partial charge in [-0.1, -0.05) is 18.2 Å². The number of likely N-dealkylation sites (N-methyl/N-ethyl adjacent to an activating group) is 2. The van der Waals surface area contributed by atoms with Crippen molar-refractivity contribution in [2.75, 3.05) is 34.2 Å². The molecule has 0 fully saturated rings. The smallest absolute Gasteiger partial charge is 0.180 e. The van der Waals surface area contributed by atoms with Crippen molar-refractivity contribution in [1.29, 1.82) is 0 Å². The minimum Gasteiger partial charge on any atom is -0.304 e. The highest BCUT2D eigenvalue weighted by Gasteiger charge is 2.10. The molecule has 0 aliphatic rings. The molecule has 0 heterocycles. The molecule has 0 N–H and O–H groups in total. The number of hydrogen-bond donors (Lipinski definition) is 0. The monoisotopic (exact) mass is 178 g/mol. The fraction of sp³-hybridized carbons (Fsp3) is 0.455. The van der Waals surface area contributed by atoms with E-state index >= 15 is 0 Å². The molecule has 2 nitrogen and oxygen atoms in total. The Labute approximate surface area is 80.8 Å². The molecular weight excluding hydrogens is 160 g/mol. The van der Waals surface area contributed by atoms with Gasteiger partial charge in [0.2, 0.25) is 0 Å². The van der Waals surface area contributed by atoms with Crippen LogP contribution in [0.1, 0.15) is 0 Å². The zero-order valence-electron chi connectivity index (χ0n) is 8.70. The van der Waals surface area contributed by atoms with Gasteiger partial charge in [-0.05, 0) is 14.1 Å². The molecule has 1 aromatic carbocycles. The third-order valence-corrected chi connectivity index (χ3v) is 2.08. The van der Waals surface area contributed by atoms with E-state index in [0.29, 0.717) is 0 Å². The minimum atomic E-state index is 1.07. The summed E-state index contributed by atoms with van der Waals surface area (Å²) in [6.07, 6.45) is 0. The van der Waals surface area contributed by atoms with E-state index in [1.165, 1.54) is 5.69 Å². The molecule has 0 amide bonds. The normalized spacial score (nSPS) is 11.2. The van der Waals surface area contributed by atoms with Crippen molar-refractivity contribution < 1.29 is 0 Å². The predicted molar refractivity (Wildman–Crippen MR) is 57.6 cm³/mol. The molecule has 0 spiro atoms. The van der Waals surface area contributed by atoms with Crippen LogP contribution >= 0.6 is 0 Å². The van der Waals surface area contributed by atoms with E-state index in [9.17, 15) is 0 Å². The van der Waals surface area contributed by atoms with Crippen LogP contribution in [-0.2, 0) is 0 Å². The van der Waals surface area contributed by atoms with E-state index in [0.717, 1.165) is 13.1 Å². The van der Waals surface area contributed by atoms with Crippen LogP contribution in [0.4, 0.5) is 5.69 Å². The van der Waals surface area contributed by atoms with E-state index in [2.05, 4.69) is 55.2 Å². The SMILES string of the molecule is CN(C)CC[N+](C)c1ccccc1. The highest BCUT2D eigenvalue weighted by atomic mass is 15.1. The number of benzene rings is 1. The van der Waals surface area contributed by atoms with Crippen LogP contribution < -0.4 is 4.90 Å². The number of hydrogen-bond acceptors (Lipinski definition) is 2. The molecule has 2 heteroatoms. The molecule has 0 saturated heterocycles. The summed E-state index contributed by atoms with van der Waals surface area (Å²) in [6, 6.07) is 10.5. The molecule has 1 aromatic rings. The van der Waals surface area contributed by atoms with Crippen molar-refractivity contribution in [2.45, 2.75) is 0 Å². The summed E-state index contributed by atoms with van der Waals surface area (Å²) in [6.45, 7) is 2.16. The lowest BCUT2D eigenvalue weighted by Gasteiger charge is -2.10. The first-order valence-electron chi connectivity index (χ1n) is 4.61. The lowest BCUT2D eigenvalue weighted by atomic mass is 10.3. The van der Waals surface area contributed by atoms with Gasteiger partial charge in [-0.2, -0.15) is 0 Å². The van der Waals surface area contributed by atoms with Crippen LogP contribution in [0.25, 0.3) is 0 Å². The van der Waals surface area contributed by atoms with Crippen LogP contribution in [0.3, 0.4) is 0 Å². The van der Waals surface area contributed by atoms with Crippen molar-refractivity contribution in [3.63, 3.8) is 0 Å². The summed E-state index contributed by atoms with van der Waals surface area (Å²) in [7, 11) is 6.32. The Kier molecular flexibility index (Phi) is 3.93. The highest BCUT2D eigenvalue weighted by Crippen LogP contribution is 2.09. The first kappa shape index (κ1) is 10.2. The van der Waals surface area contributed by atoms with Crippen molar-refractivity contribution in [1.82, 2.24) is 9.80 Å². The summed E-state index contributed by atoms with van der Waals surface area (Å²) in [5.41, 5.74) is 1.28. The van der Waals surface area contributed by atoms with Crippen LogP contribution in [0, 0.1) is 0 Å². The van der Waals surface area contributed by atoms with E-state index in [1.807, 2.05) is 6.07 Å². The third-order valence-electron chi connectivity index (χ3n) is 2.08. The van der Waals surface area contributed by atoms with Crippen molar-refractivity contribution in [3.05, 3.63) is 30.3 Å². The van der Waals surface area contributed by atoms with Crippen molar-refractivity contribution >= 4 is 5.69 Å². The Morgan fingerprint density at radius 2 is 1.77 bits per heavy atom. The second kappa shape index (κ2) is 5.00. The fourth-order valence-electron chi connectivity index (χ4n) is 1.16. The van der Waals surface area contributed by atoms with Gasteiger partial charge in [-0.25, -0.2) is 0 Å². The van der Waals surface area contributed by atoms with E-state index < -0.39 is 0 Å². The second-order valence-electron chi connectivity index (χ2n) is 3.56. The minimum absolute atomic E-state index is 1.07. The second-order valence-corrected chi connectivity index (χ2v) is 3.56. The molecule has 0 unspecified atom stereocenters. The third kappa shape index (κ3) is 3.57. The molecule has 1 rings (SSSR count). The summed E-state index contributed by atoms with van der Waals surface area (Å²) in [5, 5.41) is 0. The van der Waals surface area contributed by atoms with Gasteiger partial charge in [0, 0.05) is 12.1 Å². The molecule has 0 aliphatic heterocycles. The molecule has 13 heavy (non-hydrogen) atoms. The van der Waals surface area contributed by atoms with Gasteiger partial charge in [0.1, 0.15) is 13.6 Å². The van der Waals surface area contributed by atoms with Gasteiger partial charge in [0.05, 0.1) is 6.54 Å². The van der Waals surface area contributed by atoms with E-state index in [-0.39, 0.29) is 0 Å². The topological polar surface area (TPSA) is 9.14 Å². The summed E-state index contributed by atoms with van der Waals surface area (Å²) < 4.78 is 0. The number of anilines is 1. The van der Waals surface area contributed by atoms with Crippen LogP contribution in [0.5, 0.6) is 0 Å². The zero-order valence-corrected chi connectivity index (χ0v) is 8.70. The van der Waals surface area contributed by atoms with Gasteiger partial charge in [0.25, 0.3) is 0 Å². The van der Waals surface area contributed by atoms with E-state index in [4.69, 9.17) is 0 Å². The molecular formula is C11H18N2+. The molecule has 0 aromatic heterocycles. The average Bonchev–Trinajstić information content (AvgIpc) is 2.15. The summed E-state index contributed by atoms with van der Waals surface area (Å²) >= 11 is 0. The maximum absolute atomic E-state index is 2.26. The Bertz CT molecular complexity index is 231. The Morgan fingerprint density at radius 3 is 2.31 bits per heavy atom. The zero-order chi connectivity index (χ0) is 9.68. The van der Waals surface area contributed by atoms with Gasteiger partial charge in [-0.3, -0.25) is 0 Å². The summed E-state index contributed by atoms with van der Waals surface area (Å²) in [4.78, 5) is 4.46. The van der Waals surface area contributed by atoms with E-state index in [1.54, 1.807) is 0 Å². The molecule has 0 aliphatic carbocycles. The predicted octanol–water partition coefficient (Wildman–Crippen LogP) is 1.65. The first-order chi connectivity index (χ1) is 6.20. The Hall–Kier alpha value is -0.860. The van der Waals surface area contributed by atoms with Crippen LogP contribution in [0.2, 0.25) is 0 Å². The fourth-order valence-corrected chi connectivity index (χ4v) is 1.16. The molecule has 1 radical (unpaired) electrons. The molecule has 0 saturated carbocycles. The average molecular weight is 178 g/mol. The van der Waals surface area contributed by atoms with Crippen LogP contribution in [-0.4, -0.2) is 39.1 Å². The lowest BCUT2D eigenvalue weighted by molar-refractivity contribution is 0.386. The molecule has 0 atom stereocenters. The number of rotatable bonds is 4. The number of nitrogens with zero attached hydrogens (tertiary/aromatic N) is 2. The maximum Gasteiger partial charge on any atom is 0.180 e. The molecule has 0 bridgehead atoms. The van der Waals surface area contributed by atoms with Gasteiger partial charge in [0.15, 0.2) is 5.69 Å². The summed E-state index contributed by atoms with van der Waals surface area (Å²) in [5.74, 6) is 0. The van der Waals surface area contributed by atoms with Gasteiger partial charge >= 0.3 is 0 Å². The Balaban J connectivity index is 2.44.